The zero-order valence-corrected chi connectivity index (χ0v) is 11.6. The molecule has 0 aliphatic carbocycles. The van der Waals surface area contributed by atoms with Crippen molar-refractivity contribution >= 4 is 5.91 Å². The van der Waals surface area contributed by atoms with Crippen LogP contribution < -0.4 is 0 Å². The maximum absolute atomic E-state index is 12.5. The second-order valence-electron chi connectivity index (χ2n) is 6.10. The summed E-state index contributed by atoms with van der Waals surface area (Å²) < 4.78 is 5.22. The Balaban J connectivity index is 2.05. The minimum atomic E-state index is -1.20. The lowest BCUT2D eigenvalue weighted by Crippen LogP contribution is -2.63. The van der Waals surface area contributed by atoms with Crippen LogP contribution in [0, 0.1) is 0 Å². The Morgan fingerprint density at radius 3 is 2.39 bits per heavy atom. The van der Waals surface area contributed by atoms with Crippen molar-refractivity contribution < 1.29 is 14.6 Å². The van der Waals surface area contributed by atoms with E-state index in [-0.39, 0.29) is 11.4 Å². The van der Waals surface area contributed by atoms with Gasteiger partial charge in [-0.15, -0.1) is 0 Å². The molecular formula is C13H24N2O3. The average molecular weight is 256 g/mol. The van der Waals surface area contributed by atoms with Gasteiger partial charge in [0.25, 0.3) is 5.91 Å². The zero-order valence-electron chi connectivity index (χ0n) is 11.6. The first kappa shape index (κ1) is 13.8. The second-order valence-corrected chi connectivity index (χ2v) is 6.10. The SMILES string of the molecule is CN1CCN(C(=O)C2(O)CCOCC2)CC1(C)C. The third kappa shape index (κ3) is 2.53. The number of amides is 1. The summed E-state index contributed by atoms with van der Waals surface area (Å²) in [6, 6.07) is 0. The van der Waals surface area contributed by atoms with Crippen LogP contribution in [0.5, 0.6) is 0 Å². The van der Waals surface area contributed by atoms with Crippen LogP contribution >= 0.6 is 0 Å². The predicted octanol–water partition coefficient (Wildman–Crippen LogP) is 0.0805. The van der Waals surface area contributed by atoms with E-state index in [1.165, 1.54) is 0 Å². The van der Waals surface area contributed by atoms with Crippen molar-refractivity contribution in [1.29, 1.82) is 0 Å². The average Bonchev–Trinajstić information content (AvgIpc) is 2.32. The maximum Gasteiger partial charge on any atom is 0.254 e. The number of nitrogens with zero attached hydrogens (tertiary/aromatic N) is 2. The highest BCUT2D eigenvalue weighted by atomic mass is 16.5. The molecule has 2 aliphatic heterocycles. The number of aliphatic hydroxyl groups is 1. The molecule has 104 valence electrons. The van der Waals surface area contributed by atoms with Crippen molar-refractivity contribution in [3.63, 3.8) is 0 Å². The van der Waals surface area contributed by atoms with Gasteiger partial charge in [-0.05, 0) is 20.9 Å². The molecule has 1 amide bonds. The Labute approximate surface area is 109 Å². The summed E-state index contributed by atoms with van der Waals surface area (Å²) in [5.74, 6) is -0.119. The van der Waals surface area contributed by atoms with Gasteiger partial charge >= 0.3 is 0 Å². The molecule has 2 aliphatic rings. The van der Waals surface area contributed by atoms with Gasteiger partial charge in [-0.1, -0.05) is 0 Å². The summed E-state index contributed by atoms with van der Waals surface area (Å²) in [6.07, 6.45) is 0.831. The van der Waals surface area contributed by atoms with Gasteiger partial charge in [0.1, 0.15) is 5.60 Å². The molecule has 5 heteroatoms. The lowest BCUT2D eigenvalue weighted by atomic mass is 9.91. The van der Waals surface area contributed by atoms with E-state index in [0.717, 1.165) is 6.54 Å². The Bertz CT molecular complexity index is 324. The van der Waals surface area contributed by atoms with Gasteiger partial charge in [0.05, 0.1) is 0 Å². The molecule has 0 radical (unpaired) electrons. The van der Waals surface area contributed by atoms with Crippen molar-refractivity contribution in [2.24, 2.45) is 0 Å². The van der Waals surface area contributed by atoms with Crippen LogP contribution in [0.3, 0.4) is 0 Å². The normalized spacial score (nSPS) is 28.1. The first-order valence-corrected chi connectivity index (χ1v) is 6.66. The van der Waals surface area contributed by atoms with Crippen molar-refractivity contribution in [1.82, 2.24) is 9.80 Å². The molecular weight excluding hydrogens is 232 g/mol. The van der Waals surface area contributed by atoms with E-state index in [1.807, 2.05) is 4.90 Å². The quantitative estimate of drug-likeness (QED) is 0.722. The molecule has 0 aromatic rings. The molecule has 0 atom stereocenters. The number of rotatable bonds is 1. The number of likely N-dealkylation sites (N-methyl/N-ethyl adjacent to an activating group) is 1. The zero-order chi connectivity index (χ0) is 13.4. The summed E-state index contributed by atoms with van der Waals surface area (Å²) in [4.78, 5) is 16.5. The van der Waals surface area contributed by atoms with Crippen LogP contribution in [0.25, 0.3) is 0 Å². The van der Waals surface area contributed by atoms with E-state index in [4.69, 9.17) is 4.74 Å². The highest BCUT2D eigenvalue weighted by molar-refractivity contribution is 5.85. The molecule has 1 N–H and O–H groups in total. The molecule has 2 saturated heterocycles. The van der Waals surface area contributed by atoms with Crippen LogP contribution in [-0.4, -0.2) is 71.8 Å². The number of hydrogen-bond donors (Lipinski definition) is 1. The van der Waals surface area contributed by atoms with Crippen LogP contribution in [0.2, 0.25) is 0 Å². The summed E-state index contributed by atoms with van der Waals surface area (Å²) in [5, 5.41) is 10.4. The van der Waals surface area contributed by atoms with E-state index in [2.05, 4.69) is 25.8 Å². The topological polar surface area (TPSA) is 53.0 Å². The molecule has 2 rings (SSSR count). The van der Waals surface area contributed by atoms with Crippen LogP contribution in [0.15, 0.2) is 0 Å². The lowest BCUT2D eigenvalue weighted by Gasteiger charge is -2.47. The summed E-state index contributed by atoms with van der Waals surface area (Å²) >= 11 is 0. The van der Waals surface area contributed by atoms with Gasteiger partial charge in [0.2, 0.25) is 0 Å². The van der Waals surface area contributed by atoms with E-state index in [9.17, 15) is 9.90 Å². The third-order valence-corrected chi connectivity index (χ3v) is 4.32. The lowest BCUT2D eigenvalue weighted by molar-refractivity contribution is -0.165. The first-order chi connectivity index (χ1) is 8.35. The smallest absolute Gasteiger partial charge is 0.254 e. The van der Waals surface area contributed by atoms with Crippen molar-refractivity contribution in [3.05, 3.63) is 0 Å². The fourth-order valence-electron chi connectivity index (χ4n) is 2.63. The minimum Gasteiger partial charge on any atom is -0.381 e. The van der Waals surface area contributed by atoms with Gasteiger partial charge in [-0.3, -0.25) is 9.69 Å². The Kier molecular flexibility index (Phi) is 3.67. The molecule has 2 fully saturated rings. The molecule has 0 aromatic carbocycles. The molecule has 0 bridgehead atoms. The number of piperazine rings is 1. The first-order valence-electron chi connectivity index (χ1n) is 6.66. The summed E-state index contributed by atoms with van der Waals surface area (Å²) in [5.41, 5.74) is -1.24. The Hall–Kier alpha value is -0.650. The van der Waals surface area contributed by atoms with Gasteiger partial charge < -0.3 is 14.7 Å². The predicted molar refractivity (Wildman–Crippen MR) is 68.3 cm³/mol. The van der Waals surface area contributed by atoms with E-state index >= 15 is 0 Å². The highest BCUT2D eigenvalue weighted by Crippen LogP contribution is 2.26. The molecule has 0 unspecified atom stereocenters. The van der Waals surface area contributed by atoms with Crippen molar-refractivity contribution in [2.75, 3.05) is 39.9 Å². The Morgan fingerprint density at radius 1 is 1.22 bits per heavy atom. The maximum atomic E-state index is 12.5. The number of hydrogen-bond acceptors (Lipinski definition) is 4. The molecule has 5 nitrogen and oxygen atoms in total. The molecule has 0 spiro atoms. The minimum absolute atomic E-state index is 0.0323. The Morgan fingerprint density at radius 2 is 1.83 bits per heavy atom. The number of ether oxygens (including phenoxy) is 1. The van der Waals surface area contributed by atoms with Crippen LogP contribution in [-0.2, 0) is 9.53 Å². The fourth-order valence-corrected chi connectivity index (χ4v) is 2.63. The molecule has 18 heavy (non-hydrogen) atoms. The van der Waals surface area contributed by atoms with E-state index in [0.29, 0.717) is 39.1 Å². The van der Waals surface area contributed by atoms with E-state index in [1.54, 1.807) is 0 Å². The fraction of sp³-hybridized carbons (Fsp3) is 0.923. The standard InChI is InChI=1S/C13H24N2O3/c1-12(2)10-15(7-6-14(12)3)11(16)13(17)4-8-18-9-5-13/h17H,4-10H2,1-3H3. The second kappa shape index (κ2) is 4.79. The summed E-state index contributed by atoms with van der Waals surface area (Å²) in [6.45, 7) is 7.42. The molecule has 2 heterocycles. The number of carbonyl (C=O) groups is 1. The number of carbonyl (C=O) groups excluding carboxylic acids is 1. The molecule has 0 saturated carbocycles. The van der Waals surface area contributed by atoms with Crippen molar-refractivity contribution in [3.8, 4) is 0 Å². The summed E-state index contributed by atoms with van der Waals surface area (Å²) in [7, 11) is 2.07. The van der Waals surface area contributed by atoms with Crippen LogP contribution in [0.4, 0.5) is 0 Å². The van der Waals surface area contributed by atoms with Gasteiger partial charge in [-0.25, -0.2) is 0 Å². The van der Waals surface area contributed by atoms with E-state index < -0.39 is 5.60 Å². The van der Waals surface area contributed by atoms with Gasteiger partial charge in [-0.2, -0.15) is 0 Å². The third-order valence-electron chi connectivity index (χ3n) is 4.32. The molecule has 0 aromatic heterocycles. The van der Waals surface area contributed by atoms with Crippen LogP contribution in [0.1, 0.15) is 26.7 Å². The largest absolute Gasteiger partial charge is 0.381 e. The van der Waals surface area contributed by atoms with Crippen molar-refractivity contribution in [2.45, 2.75) is 37.8 Å². The van der Waals surface area contributed by atoms with Gasteiger partial charge in [0.15, 0.2) is 0 Å². The van der Waals surface area contributed by atoms with Gasteiger partial charge in [0, 0.05) is 51.2 Å². The monoisotopic (exact) mass is 256 g/mol. The highest BCUT2D eigenvalue weighted by Gasteiger charge is 2.43.